The molecule has 1 saturated heterocycles. The Kier molecular flexibility index (Phi) is 6.74. The summed E-state index contributed by atoms with van der Waals surface area (Å²) >= 11 is 0. The molecule has 0 radical (unpaired) electrons. The van der Waals surface area contributed by atoms with Crippen molar-refractivity contribution >= 4 is 35.9 Å². The molecule has 0 aromatic heterocycles. The Hall–Kier alpha value is -2.12. The molecule has 0 aliphatic carbocycles. The lowest BCUT2D eigenvalue weighted by Crippen LogP contribution is -2.40. The van der Waals surface area contributed by atoms with Gasteiger partial charge in [-0.05, 0) is 38.0 Å². The summed E-state index contributed by atoms with van der Waals surface area (Å²) in [4.78, 5) is 36.8. The molecule has 1 aromatic carbocycles. The van der Waals surface area contributed by atoms with Crippen LogP contribution in [0.4, 0.5) is 10.5 Å². The Labute approximate surface area is 147 Å². The van der Waals surface area contributed by atoms with Crippen molar-refractivity contribution in [2.45, 2.75) is 38.8 Å². The quantitative estimate of drug-likeness (QED) is 0.675. The number of nitrogens with one attached hydrogen (secondary N) is 2. The first kappa shape index (κ1) is 19.9. The summed E-state index contributed by atoms with van der Waals surface area (Å²) in [6.07, 6.45) is 0.651. The van der Waals surface area contributed by atoms with Crippen LogP contribution in [0.3, 0.4) is 0 Å². The fourth-order valence-electron chi connectivity index (χ4n) is 2.37. The zero-order valence-corrected chi connectivity index (χ0v) is 14.6. The summed E-state index contributed by atoms with van der Waals surface area (Å²) in [5.74, 6) is -0.419. The third-order valence-electron chi connectivity index (χ3n) is 3.70. The monoisotopic (exact) mass is 354 g/mol. The van der Waals surface area contributed by atoms with E-state index in [4.69, 9.17) is 5.73 Å². The molecular formula is C16H23ClN4O3. The predicted molar refractivity (Wildman–Crippen MR) is 93.8 cm³/mol. The number of carbonyl (C=O) groups excluding carboxylic acids is 3. The molecule has 0 atom stereocenters. The van der Waals surface area contributed by atoms with Crippen molar-refractivity contribution in [3.05, 3.63) is 29.8 Å². The molecule has 2 rings (SSSR count). The number of imide groups is 1. The number of hydrogen-bond acceptors (Lipinski definition) is 4. The summed E-state index contributed by atoms with van der Waals surface area (Å²) in [5, 5.41) is 5.38. The van der Waals surface area contributed by atoms with Crippen molar-refractivity contribution < 1.29 is 14.4 Å². The maximum Gasteiger partial charge on any atom is 0.325 e. The minimum atomic E-state index is -0.871. The Morgan fingerprint density at radius 3 is 2.38 bits per heavy atom. The van der Waals surface area contributed by atoms with Crippen LogP contribution < -0.4 is 16.4 Å². The topological polar surface area (TPSA) is 105 Å². The van der Waals surface area contributed by atoms with E-state index in [0.717, 1.165) is 10.5 Å². The highest BCUT2D eigenvalue weighted by atomic mass is 35.5. The first-order valence-electron chi connectivity index (χ1n) is 7.56. The molecule has 0 saturated carbocycles. The van der Waals surface area contributed by atoms with Crippen molar-refractivity contribution in [1.82, 2.24) is 10.2 Å². The zero-order chi connectivity index (χ0) is 17.0. The van der Waals surface area contributed by atoms with Gasteiger partial charge in [-0.2, -0.15) is 0 Å². The number of carbonyl (C=O) groups is 3. The van der Waals surface area contributed by atoms with Crippen molar-refractivity contribution in [3.63, 3.8) is 0 Å². The summed E-state index contributed by atoms with van der Waals surface area (Å²) in [5.41, 5.74) is 6.33. The molecule has 1 fully saturated rings. The molecule has 7 nitrogen and oxygen atoms in total. The number of anilines is 1. The molecule has 24 heavy (non-hydrogen) atoms. The zero-order valence-electron chi connectivity index (χ0n) is 13.8. The van der Waals surface area contributed by atoms with E-state index in [9.17, 15) is 14.4 Å². The number of rotatable bonds is 6. The van der Waals surface area contributed by atoms with Crippen LogP contribution in [0.1, 0.15) is 32.3 Å². The molecule has 8 heteroatoms. The molecule has 1 aliphatic rings. The minimum Gasteiger partial charge on any atom is -0.326 e. The normalized spacial score (nSPS) is 15.7. The van der Waals surface area contributed by atoms with E-state index in [2.05, 4.69) is 10.6 Å². The molecule has 132 valence electrons. The molecule has 1 aliphatic heterocycles. The lowest BCUT2D eigenvalue weighted by Gasteiger charge is -2.15. The fourth-order valence-corrected chi connectivity index (χ4v) is 2.37. The van der Waals surface area contributed by atoms with Crippen LogP contribution in [-0.2, 0) is 16.1 Å². The van der Waals surface area contributed by atoms with Gasteiger partial charge in [0.15, 0.2) is 0 Å². The van der Waals surface area contributed by atoms with Gasteiger partial charge in [-0.3, -0.25) is 14.5 Å². The third kappa shape index (κ3) is 4.69. The second kappa shape index (κ2) is 8.12. The largest absolute Gasteiger partial charge is 0.326 e. The molecule has 4 amide bonds. The highest BCUT2D eigenvalue weighted by Crippen LogP contribution is 2.17. The number of hydrogen-bond donors (Lipinski definition) is 3. The average molecular weight is 355 g/mol. The second-order valence-electron chi connectivity index (χ2n) is 6.06. The highest BCUT2D eigenvalue weighted by Gasteiger charge is 2.43. The molecule has 0 spiro atoms. The van der Waals surface area contributed by atoms with E-state index < -0.39 is 11.6 Å². The predicted octanol–water partition coefficient (Wildman–Crippen LogP) is 1.62. The van der Waals surface area contributed by atoms with Gasteiger partial charge in [0, 0.05) is 25.2 Å². The highest BCUT2D eigenvalue weighted by molar-refractivity contribution is 6.06. The van der Waals surface area contributed by atoms with Crippen LogP contribution in [0.2, 0.25) is 0 Å². The van der Waals surface area contributed by atoms with Gasteiger partial charge < -0.3 is 16.4 Å². The Balaban J connectivity index is 0.00000288. The molecule has 1 heterocycles. The molecule has 1 aromatic rings. The second-order valence-corrected chi connectivity index (χ2v) is 6.06. The SMILES string of the molecule is CC1(C)NC(=O)N(CCCC(=O)Nc2ccc(CN)cc2)C1=O.Cl. The van der Waals surface area contributed by atoms with E-state index in [-0.39, 0.29) is 37.2 Å². The van der Waals surface area contributed by atoms with Crippen LogP contribution in [-0.4, -0.2) is 34.8 Å². The van der Waals surface area contributed by atoms with Crippen LogP contribution in [0.15, 0.2) is 24.3 Å². The number of urea groups is 1. The van der Waals surface area contributed by atoms with Gasteiger partial charge in [0.25, 0.3) is 5.91 Å². The van der Waals surface area contributed by atoms with Crippen LogP contribution in [0.5, 0.6) is 0 Å². The first-order chi connectivity index (χ1) is 10.8. The number of benzene rings is 1. The van der Waals surface area contributed by atoms with Gasteiger partial charge >= 0.3 is 6.03 Å². The van der Waals surface area contributed by atoms with Gasteiger partial charge in [0.1, 0.15) is 5.54 Å². The van der Waals surface area contributed by atoms with Gasteiger partial charge in [-0.1, -0.05) is 12.1 Å². The number of halogens is 1. The minimum absolute atomic E-state index is 0. The smallest absolute Gasteiger partial charge is 0.325 e. The third-order valence-corrected chi connectivity index (χ3v) is 3.70. The van der Waals surface area contributed by atoms with Crippen LogP contribution >= 0.6 is 12.4 Å². The number of nitrogens with two attached hydrogens (primary N) is 1. The molecule has 0 unspecified atom stereocenters. The van der Waals surface area contributed by atoms with Crippen molar-refractivity contribution in [2.75, 3.05) is 11.9 Å². The Morgan fingerprint density at radius 1 is 1.25 bits per heavy atom. The van der Waals surface area contributed by atoms with E-state index >= 15 is 0 Å². The lowest BCUT2D eigenvalue weighted by atomic mass is 10.1. The first-order valence-corrected chi connectivity index (χ1v) is 7.56. The fraction of sp³-hybridized carbons (Fsp3) is 0.438. The van der Waals surface area contributed by atoms with Crippen LogP contribution in [0, 0.1) is 0 Å². The van der Waals surface area contributed by atoms with Gasteiger partial charge in [0.2, 0.25) is 5.91 Å². The Morgan fingerprint density at radius 2 is 1.88 bits per heavy atom. The number of nitrogens with zero attached hydrogens (tertiary/aromatic N) is 1. The molecular weight excluding hydrogens is 332 g/mol. The van der Waals surface area contributed by atoms with Crippen molar-refractivity contribution in [1.29, 1.82) is 0 Å². The summed E-state index contributed by atoms with van der Waals surface area (Å²) in [6.45, 7) is 4.00. The van der Waals surface area contributed by atoms with E-state index in [1.54, 1.807) is 26.0 Å². The average Bonchev–Trinajstić information content (AvgIpc) is 2.69. The maximum atomic E-state index is 12.0. The van der Waals surface area contributed by atoms with E-state index in [1.807, 2.05) is 12.1 Å². The van der Waals surface area contributed by atoms with Crippen molar-refractivity contribution in [2.24, 2.45) is 5.73 Å². The van der Waals surface area contributed by atoms with Crippen molar-refractivity contribution in [3.8, 4) is 0 Å². The number of amides is 4. The maximum absolute atomic E-state index is 12.0. The molecule has 0 bridgehead atoms. The summed E-state index contributed by atoms with van der Waals surface area (Å²) in [7, 11) is 0. The van der Waals surface area contributed by atoms with E-state index in [1.165, 1.54) is 0 Å². The van der Waals surface area contributed by atoms with Gasteiger partial charge in [-0.25, -0.2) is 4.79 Å². The van der Waals surface area contributed by atoms with Gasteiger partial charge in [0.05, 0.1) is 0 Å². The molecule has 4 N–H and O–H groups in total. The Bertz CT molecular complexity index is 616. The standard InChI is InChI=1S/C16H22N4O3.ClH/c1-16(2)14(22)20(15(23)19-16)9-3-4-13(21)18-12-7-5-11(10-17)6-8-12;/h5-8H,3-4,9-10,17H2,1-2H3,(H,18,21)(H,19,23);1H. The summed E-state index contributed by atoms with van der Waals surface area (Å²) < 4.78 is 0. The summed E-state index contributed by atoms with van der Waals surface area (Å²) in [6, 6.07) is 6.88. The van der Waals surface area contributed by atoms with Gasteiger partial charge in [-0.15, -0.1) is 12.4 Å². The lowest BCUT2D eigenvalue weighted by molar-refractivity contribution is -0.130. The van der Waals surface area contributed by atoms with E-state index in [0.29, 0.717) is 18.7 Å². The van der Waals surface area contributed by atoms with Crippen LogP contribution in [0.25, 0.3) is 0 Å².